The third kappa shape index (κ3) is 3.65. The third-order valence-electron chi connectivity index (χ3n) is 2.97. The Morgan fingerprint density at radius 3 is 2.31 bits per heavy atom. The van der Waals surface area contributed by atoms with E-state index in [1.165, 1.54) is 25.7 Å². The quantitative estimate of drug-likeness (QED) is 0.656. The summed E-state index contributed by atoms with van der Waals surface area (Å²) in [5.74, 6) is 0.889. The van der Waals surface area contributed by atoms with Gasteiger partial charge in [-0.2, -0.15) is 0 Å². The van der Waals surface area contributed by atoms with Crippen LogP contribution in [0.1, 0.15) is 39.5 Å². The van der Waals surface area contributed by atoms with Crippen molar-refractivity contribution in [2.24, 2.45) is 5.92 Å². The van der Waals surface area contributed by atoms with E-state index in [9.17, 15) is 0 Å². The largest absolute Gasteiger partial charge is 0.383 e. The molecule has 1 fully saturated rings. The molecule has 1 unspecified atom stereocenters. The van der Waals surface area contributed by atoms with Crippen LogP contribution in [0.15, 0.2) is 0 Å². The van der Waals surface area contributed by atoms with Crippen molar-refractivity contribution in [1.29, 1.82) is 0 Å². The van der Waals surface area contributed by atoms with Crippen LogP contribution in [0.3, 0.4) is 0 Å². The highest BCUT2D eigenvalue weighted by Crippen LogP contribution is 2.33. The molecule has 1 aliphatic carbocycles. The van der Waals surface area contributed by atoms with Crippen LogP contribution >= 0.6 is 0 Å². The standard InChI is InChI=1S/C11H23NO/c1-4-10(5-2)12-11(8-13-3)9-6-7-9/h9-12H,4-8H2,1-3H3. The van der Waals surface area contributed by atoms with Crippen molar-refractivity contribution < 1.29 is 4.74 Å². The lowest BCUT2D eigenvalue weighted by molar-refractivity contribution is 0.150. The van der Waals surface area contributed by atoms with Crippen LogP contribution in [-0.4, -0.2) is 25.8 Å². The van der Waals surface area contributed by atoms with Crippen molar-refractivity contribution in [3.8, 4) is 0 Å². The Morgan fingerprint density at radius 1 is 1.31 bits per heavy atom. The predicted molar refractivity (Wildman–Crippen MR) is 55.9 cm³/mol. The molecule has 0 aromatic carbocycles. The molecular formula is C11H23NO. The van der Waals surface area contributed by atoms with Crippen LogP contribution in [0, 0.1) is 5.92 Å². The minimum atomic E-state index is 0.606. The number of methoxy groups -OCH3 is 1. The van der Waals surface area contributed by atoms with Gasteiger partial charge in [0.2, 0.25) is 0 Å². The summed E-state index contributed by atoms with van der Waals surface area (Å²) in [4.78, 5) is 0. The summed E-state index contributed by atoms with van der Waals surface area (Å²) in [7, 11) is 1.80. The first-order chi connectivity index (χ1) is 6.31. The van der Waals surface area contributed by atoms with Gasteiger partial charge in [-0.25, -0.2) is 0 Å². The van der Waals surface area contributed by atoms with Crippen LogP contribution in [-0.2, 0) is 4.74 Å². The lowest BCUT2D eigenvalue weighted by Gasteiger charge is -2.23. The smallest absolute Gasteiger partial charge is 0.0618 e. The van der Waals surface area contributed by atoms with Gasteiger partial charge in [0.25, 0.3) is 0 Å². The maximum Gasteiger partial charge on any atom is 0.0618 e. The number of rotatable bonds is 7. The second-order valence-electron chi connectivity index (χ2n) is 4.08. The zero-order valence-corrected chi connectivity index (χ0v) is 9.18. The van der Waals surface area contributed by atoms with E-state index in [1.54, 1.807) is 7.11 Å². The molecule has 1 rings (SSSR count). The van der Waals surface area contributed by atoms with Crippen LogP contribution < -0.4 is 5.32 Å². The van der Waals surface area contributed by atoms with Crippen LogP contribution in [0.2, 0.25) is 0 Å². The molecule has 1 saturated carbocycles. The predicted octanol–water partition coefficient (Wildman–Crippen LogP) is 2.19. The van der Waals surface area contributed by atoms with Gasteiger partial charge >= 0.3 is 0 Å². The molecule has 0 saturated heterocycles. The van der Waals surface area contributed by atoms with Crippen molar-refractivity contribution >= 4 is 0 Å². The Morgan fingerprint density at radius 2 is 1.92 bits per heavy atom. The van der Waals surface area contributed by atoms with Gasteiger partial charge in [0.05, 0.1) is 6.61 Å². The molecule has 78 valence electrons. The molecule has 0 spiro atoms. The molecule has 1 aliphatic rings. The second-order valence-corrected chi connectivity index (χ2v) is 4.08. The Bertz CT molecular complexity index is 130. The maximum absolute atomic E-state index is 5.23. The molecule has 1 atom stereocenters. The Kier molecular flexibility index (Phi) is 4.74. The summed E-state index contributed by atoms with van der Waals surface area (Å²) in [5.41, 5.74) is 0. The third-order valence-corrected chi connectivity index (χ3v) is 2.97. The highest BCUT2D eigenvalue weighted by Gasteiger charge is 2.31. The highest BCUT2D eigenvalue weighted by atomic mass is 16.5. The summed E-state index contributed by atoms with van der Waals surface area (Å²) < 4.78 is 5.23. The molecule has 0 amide bonds. The number of hydrogen-bond acceptors (Lipinski definition) is 2. The van der Waals surface area contributed by atoms with Gasteiger partial charge in [0.15, 0.2) is 0 Å². The van der Waals surface area contributed by atoms with Gasteiger partial charge in [-0.3, -0.25) is 0 Å². The van der Waals surface area contributed by atoms with E-state index >= 15 is 0 Å². The number of ether oxygens (including phenoxy) is 1. The minimum Gasteiger partial charge on any atom is -0.383 e. The van der Waals surface area contributed by atoms with Gasteiger partial charge in [0, 0.05) is 19.2 Å². The monoisotopic (exact) mass is 185 g/mol. The summed E-state index contributed by atoms with van der Waals surface area (Å²) >= 11 is 0. The van der Waals surface area contributed by atoms with Crippen molar-refractivity contribution in [3.63, 3.8) is 0 Å². The van der Waals surface area contributed by atoms with E-state index in [0.29, 0.717) is 12.1 Å². The van der Waals surface area contributed by atoms with Crippen molar-refractivity contribution in [2.75, 3.05) is 13.7 Å². The lowest BCUT2D eigenvalue weighted by Crippen LogP contribution is -2.41. The molecule has 0 bridgehead atoms. The molecule has 13 heavy (non-hydrogen) atoms. The molecule has 0 aromatic rings. The van der Waals surface area contributed by atoms with Crippen molar-refractivity contribution in [2.45, 2.75) is 51.6 Å². The first kappa shape index (κ1) is 11.0. The van der Waals surface area contributed by atoms with Gasteiger partial charge in [-0.15, -0.1) is 0 Å². The van der Waals surface area contributed by atoms with Gasteiger partial charge in [-0.05, 0) is 31.6 Å². The summed E-state index contributed by atoms with van der Waals surface area (Å²) in [6.45, 7) is 5.37. The number of nitrogens with one attached hydrogen (secondary N) is 1. The normalized spacial score (nSPS) is 19.4. The van der Waals surface area contributed by atoms with Gasteiger partial charge in [-0.1, -0.05) is 13.8 Å². The van der Waals surface area contributed by atoms with Crippen LogP contribution in [0.25, 0.3) is 0 Å². The van der Waals surface area contributed by atoms with E-state index in [4.69, 9.17) is 4.74 Å². The molecular weight excluding hydrogens is 162 g/mol. The maximum atomic E-state index is 5.23. The average molecular weight is 185 g/mol. The molecule has 2 nitrogen and oxygen atoms in total. The first-order valence-corrected chi connectivity index (χ1v) is 5.56. The van der Waals surface area contributed by atoms with Crippen LogP contribution in [0.5, 0.6) is 0 Å². The topological polar surface area (TPSA) is 21.3 Å². The fraction of sp³-hybridized carbons (Fsp3) is 1.00. The molecule has 1 N–H and O–H groups in total. The average Bonchev–Trinajstić information content (AvgIpc) is 2.95. The Balaban J connectivity index is 2.27. The minimum absolute atomic E-state index is 0.606. The van der Waals surface area contributed by atoms with Crippen molar-refractivity contribution in [3.05, 3.63) is 0 Å². The second kappa shape index (κ2) is 5.61. The van der Waals surface area contributed by atoms with E-state index in [0.717, 1.165) is 12.5 Å². The van der Waals surface area contributed by atoms with E-state index in [-0.39, 0.29) is 0 Å². The van der Waals surface area contributed by atoms with Gasteiger partial charge in [0.1, 0.15) is 0 Å². The fourth-order valence-electron chi connectivity index (χ4n) is 1.83. The molecule has 0 aromatic heterocycles. The molecule has 2 heteroatoms. The Hall–Kier alpha value is -0.0800. The SMILES string of the molecule is CCC(CC)NC(COC)C1CC1. The zero-order valence-electron chi connectivity index (χ0n) is 9.18. The Labute approximate surface area is 82.0 Å². The first-order valence-electron chi connectivity index (χ1n) is 5.56. The molecule has 0 heterocycles. The van der Waals surface area contributed by atoms with E-state index in [2.05, 4.69) is 19.2 Å². The fourth-order valence-corrected chi connectivity index (χ4v) is 1.83. The molecule has 0 aliphatic heterocycles. The summed E-state index contributed by atoms with van der Waals surface area (Å²) in [6, 6.07) is 1.29. The van der Waals surface area contributed by atoms with E-state index in [1.807, 2.05) is 0 Å². The summed E-state index contributed by atoms with van der Waals surface area (Å²) in [6.07, 6.45) is 5.23. The highest BCUT2D eigenvalue weighted by molar-refractivity contribution is 4.87. The van der Waals surface area contributed by atoms with Crippen LogP contribution in [0.4, 0.5) is 0 Å². The van der Waals surface area contributed by atoms with Crippen molar-refractivity contribution in [1.82, 2.24) is 5.32 Å². The number of hydrogen-bond donors (Lipinski definition) is 1. The van der Waals surface area contributed by atoms with Gasteiger partial charge < -0.3 is 10.1 Å². The summed E-state index contributed by atoms with van der Waals surface area (Å²) in [5, 5.41) is 3.69. The molecule has 0 radical (unpaired) electrons. The lowest BCUT2D eigenvalue weighted by atomic mass is 10.1. The van der Waals surface area contributed by atoms with E-state index < -0.39 is 0 Å². The zero-order chi connectivity index (χ0) is 9.68.